The van der Waals surface area contributed by atoms with E-state index in [0.29, 0.717) is 18.8 Å². The molecular weight excluding hydrogens is 294 g/mol. The molecule has 2 amide bonds. The quantitative estimate of drug-likeness (QED) is 0.790. The average molecular weight is 315 g/mol. The van der Waals surface area contributed by atoms with E-state index in [4.69, 9.17) is 4.74 Å². The predicted molar refractivity (Wildman–Crippen MR) is 87.5 cm³/mol. The number of carbonyl (C=O) groups is 2. The maximum Gasteiger partial charge on any atom is 0.265 e. The number of fused-ring (bicyclic) bond motifs is 1. The van der Waals surface area contributed by atoms with Crippen LogP contribution >= 0.6 is 0 Å². The third-order valence-electron chi connectivity index (χ3n) is 4.04. The molecule has 6 nitrogen and oxygen atoms in total. The van der Waals surface area contributed by atoms with Crippen LogP contribution in [0.5, 0.6) is 5.75 Å². The van der Waals surface area contributed by atoms with Crippen molar-refractivity contribution in [2.45, 2.75) is 12.8 Å². The van der Waals surface area contributed by atoms with Gasteiger partial charge in [0, 0.05) is 26.1 Å². The molecule has 0 bridgehead atoms. The minimum Gasteiger partial charge on any atom is -0.482 e. The van der Waals surface area contributed by atoms with Gasteiger partial charge in [-0.3, -0.25) is 9.59 Å². The second-order valence-electron chi connectivity index (χ2n) is 5.65. The molecule has 0 fully saturated rings. The van der Waals surface area contributed by atoms with Gasteiger partial charge in [0.2, 0.25) is 5.91 Å². The summed E-state index contributed by atoms with van der Waals surface area (Å²) in [5.41, 5.74) is 1.99. The average Bonchev–Trinajstić information content (AvgIpc) is 2.60. The summed E-state index contributed by atoms with van der Waals surface area (Å²) < 4.78 is 5.39. The number of anilines is 1. The topological polar surface area (TPSA) is 70.7 Å². The highest BCUT2D eigenvalue weighted by Gasteiger charge is 2.25. The molecule has 0 radical (unpaired) electrons. The first-order valence-electron chi connectivity index (χ1n) is 7.91. The second-order valence-corrected chi connectivity index (χ2v) is 5.65. The van der Waals surface area contributed by atoms with Crippen molar-refractivity contribution in [1.82, 2.24) is 10.6 Å². The lowest BCUT2D eigenvalue weighted by Crippen LogP contribution is -2.41. The Morgan fingerprint density at radius 3 is 3.04 bits per heavy atom. The van der Waals surface area contributed by atoms with Crippen LogP contribution in [-0.2, 0) is 9.59 Å². The fraction of sp³-hybridized carbons (Fsp3) is 0.412. The smallest absolute Gasteiger partial charge is 0.265 e. The van der Waals surface area contributed by atoms with Crippen LogP contribution in [0.25, 0.3) is 0 Å². The predicted octanol–water partition coefficient (Wildman–Crippen LogP) is 0.838. The van der Waals surface area contributed by atoms with Crippen molar-refractivity contribution in [1.29, 1.82) is 0 Å². The molecule has 0 aromatic heterocycles. The summed E-state index contributed by atoms with van der Waals surface area (Å²) in [6.07, 6.45) is 3.37. The molecule has 2 N–H and O–H groups in total. The van der Waals surface area contributed by atoms with Crippen molar-refractivity contribution in [3.05, 3.63) is 35.9 Å². The first-order chi connectivity index (χ1) is 11.2. The molecule has 1 aromatic carbocycles. The van der Waals surface area contributed by atoms with Gasteiger partial charge in [0.05, 0.1) is 5.69 Å². The van der Waals surface area contributed by atoms with Crippen molar-refractivity contribution in [3.8, 4) is 5.75 Å². The zero-order valence-electron chi connectivity index (χ0n) is 13.0. The third kappa shape index (κ3) is 3.90. The molecule has 122 valence electrons. The molecule has 0 saturated heterocycles. The molecule has 2 heterocycles. The molecule has 2 aliphatic rings. The van der Waals surface area contributed by atoms with Crippen LogP contribution in [0.3, 0.4) is 0 Å². The van der Waals surface area contributed by atoms with Crippen LogP contribution in [-0.4, -0.2) is 44.6 Å². The monoisotopic (exact) mass is 315 g/mol. The van der Waals surface area contributed by atoms with Gasteiger partial charge in [0.25, 0.3) is 5.91 Å². The van der Waals surface area contributed by atoms with Gasteiger partial charge in [0.1, 0.15) is 5.75 Å². The molecular formula is C17H21N3O3. The summed E-state index contributed by atoms with van der Waals surface area (Å²) in [4.78, 5) is 25.7. The zero-order valence-corrected chi connectivity index (χ0v) is 13.0. The van der Waals surface area contributed by atoms with E-state index in [2.05, 4.69) is 16.7 Å². The van der Waals surface area contributed by atoms with Crippen molar-refractivity contribution in [3.63, 3.8) is 0 Å². The van der Waals surface area contributed by atoms with Crippen LogP contribution in [0.2, 0.25) is 0 Å². The van der Waals surface area contributed by atoms with Gasteiger partial charge in [-0.05, 0) is 25.1 Å². The first-order valence-corrected chi connectivity index (χ1v) is 7.91. The van der Waals surface area contributed by atoms with Gasteiger partial charge in [-0.15, -0.1) is 0 Å². The summed E-state index contributed by atoms with van der Waals surface area (Å²) in [6.45, 7) is 2.81. The lowest BCUT2D eigenvalue weighted by atomic mass is 10.1. The summed E-state index contributed by atoms with van der Waals surface area (Å²) in [7, 11) is 0. The largest absolute Gasteiger partial charge is 0.482 e. The van der Waals surface area contributed by atoms with Crippen LogP contribution in [0.15, 0.2) is 35.9 Å². The molecule has 1 aromatic rings. The van der Waals surface area contributed by atoms with Crippen molar-refractivity contribution in [2.75, 3.05) is 37.7 Å². The maximum atomic E-state index is 12.0. The van der Waals surface area contributed by atoms with Crippen molar-refractivity contribution in [2.24, 2.45) is 0 Å². The highest BCUT2D eigenvalue weighted by atomic mass is 16.5. The Bertz CT molecular complexity index is 627. The van der Waals surface area contributed by atoms with E-state index in [-0.39, 0.29) is 24.8 Å². The number of carbonyl (C=O) groups excluding carboxylic acids is 2. The highest BCUT2D eigenvalue weighted by molar-refractivity contribution is 5.98. The third-order valence-corrected chi connectivity index (χ3v) is 4.04. The number of nitrogens with one attached hydrogen (secondary N) is 2. The number of nitrogens with zero attached hydrogens (tertiary/aromatic N) is 1. The molecule has 0 aliphatic carbocycles. The lowest BCUT2D eigenvalue weighted by Gasteiger charge is -2.29. The first kappa shape index (κ1) is 15.6. The molecule has 6 heteroatoms. The normalized spacial score (nSPS) is 17.1. The fourth-order valence-electron chi connectivity index (χ4n) is 2.74. The van der Waals surface area contributed by atoms with Gasteiger partial charge in [-0.25, -0.2) is 0 Å². The molecule has 0 unspecified atom stereocenters. The van der Waals surface area contributed by atoms with Gasteiger partial charge in [0.15, 0.2) is 6.61 Å². The molecule has 2 aliphatic heterocycles. The Hall–Kier alpha value is -2.34. The van der Waals surface area contributed by atoms with Gasteiger partial charge in [-0.2, -0.15) is 0 Å². The van der Waals surface area contributed by atoms with Crippen molar-refractivity contribution >= 4 is 17.5 Å². The van der Waals surface area contributed by atoms with E-state index in [1.807, 2.05) is 24.3 Å². The van der Waals surface area contributed by atoms with Gasteiger partial charge >= 0.3 is 0 Å². The van der Waals surface area contributed by atoms with Crippen LogP contribution in [0.4, 0.5) is 5.69 Å². The Morgan fingerprint density at radius 1 is 1.35 bits per heavy atom. The van der Waals surface area contributed by atoms with Gasteiger partial charge < -0.3 is 20.3 Å². The van der Waals surface area contributed by atoms with Crippen LogP contribution in [0, 0.1) is 0 Å². The van der Waals surface area contributed by atoms with Gasteiger partial charge in [-0.1, -0.05) is 23.8 Å². The van der Waals surface area contributed by atoms with E-state index in [9.17, 15) is 9.59 Å². The Balaban J connectivity index is 1.52. The molecule has 23 heavy (non-hydrogen) atoms. The van der Waals surface area contributed by atoms with Crippen molar-refractivity contribution < 1.29 is 14.3 Å². The minimum atomic E-state index is -0.113. The number of benzene rings is 1. The molecule has 3 rings (SSSR count). The lowest BCUT2D eigenvalue weighted by molar-refractivity contribution is -0.122. The SMILES string of the molecule is O=C(CCN1C(=O)COc2ccccc21)NCC1=CCNCC1. The highest BCUT2D eigenvalue weighted by Crippen LogP contribution is 2.31. The number of amides is 2. The van der Waals surface area contributed by atoms with E-state index in [0.717, 1.165) is 25.2 Å². The second kappa shape index (κ2) is 7.28. The number of rotatable bonds is 5. The minimum absolute atomic E-state index is 0.0263. The summed E-state index contributed by atoms with van der Waals surface area (Å²) in [5.74, 6) is 0.533. The summed E-state index contributed by atoms with van der Waals surface area (Å²) >= 11 is 0. The molecule has 0 atom stereocenters. The number of ether oxygens (including phenoxy) is 1. The Labute approximate surface area is 135 Å². The zero-order chi connectivity index (χ0) is 16.1. The molecule has 0 spiro atoms. The van der Waals surface area contributed by atoms with Crippen LogP contribution < -0.4 is 20.3 Å². The van der Waals surface area contributed by atoms with E-state index in [1.54, 1.807) is 4.90 Å². The summed E-state index contributed by atoms with van der Waals surface area (Å²) in [6, 6.07) is 7.40. The Morgan fingerprint density at radius 2 is 2.22 bits per heavy atom. The van der Waals surface area contributed by atoms with E-state index >= 15 is 0 Å². The number of hydrogen-bond donors (Lipinski definition) is 2. The maximum absolute atomic E-state index is 12.0. The number of hydrogen-bond acceptors (Lipinski definition) is 4. The summed E-state index contributed by atoms with van der Waals surface area (Å²) in [5, 5.41) is 6.17. The molecule has 0 saturated carbocycles. The van der Waals surface area contributed by atoms with E-state index < -0.39 is 0 Å². The number of para-hydroxylation sites is 2. The van der Waals surface area contributed by atoms with E-state index in [1.165, 1.54) is 5.57 Å². The fourth-order valence-corrected chi connectivity index (χ4v) is 2.74. The Kier molecular flexibility index (Phi) is 4.92. The van der Waals surface area contributed by atoms with Crippen LogP contribution in [0.1, 0.15) is 12.8 Å². The standard InChI is InChI=1S/C17H21N3O3/c21-16(19-11-13-5-8-18-9-6-13)7-10-20-14-3-1-2-4-15(14)23-12-17(20)22/h1-5,18H,6-12H2,(H,19,21).